The van der Waals surface area contributed by atoms with Gasteiger partial charge in [-0.05, 0) is 12.1 Å². The molecule has 22 heavy (non-hydrogen) atoms. The van der Waals surface area contributed by atoms with Crippen LogP contribution in [0.4, 0.5) is 0 Å². The number of thioether (sulfide) groups is 1. The number of carbonyl (C=O) groups excluding carboxylic acids is 1. The van der Waals surface area contributed by atoms with Crippen LogP contribution in [0.2, 0.25) is 5.02 Å². The molecule has 6 nitrogen and oxygen atoms in total. The molecule has 1 fully saturated rings. The number of ether oxygens (including phenoxy) is 1. The fourth-order valence-electron chi connectivity index (χ4n) is 2.23. The summed E-state index contributed by atoms with van der Waals surface area (Å²) in [6.07, 6.45) is 1.26. The Morgan fingerprint density at radius 3 is 3.09 bits per heavy atom. The van der Waals surface area contributed by atoms with E-state index in [1.807, 2.05) is 24.3 Å². The molecule has 1 aliphatic heterocycles. The van der Waals surface area contributed by atoms with E-state index >= 15 is 0 Å². The minimum atomic E-state index is -0.299. The number of hydrogen-bond acceptors (Lipinski definition) is 6. The molecule has 0 saturated carbocycles. The third-order valence-corrected chi connectivity index (χ3v) is 4.81. The van der Waals surface area contributed by atoms with Crippen LogP contribution >= 0.6 is 23.4 Å². The zero-order valence-electron chi connectivity index (χ0n) is 11.6. The van der Waals surface area contributed by atoms with E-state index in [9.17, 15) is 4.79 Å². The maximum atomic E-state index is 12.5. The van der Waals surface area contributed by atoms with E-state index in [1.165, 1.54) is 18.2 Å². The molecule has 116 valence electrons. The Kier molecular flexibility index (Phi) is 4.97. The molecule has 0 spiro atoms. The number of nitrogens with zero attached hydrogens (tertiary/aromatic N) is 3. The van der Waals surface area contributed by atoms with E-state index in [2.05, 4.69) is 10.1 Å². The lowest BCUT2D eigenvalue weighted by atomic mass is 10.2. The highest BCUT2D eigenvalue weighted by Crippen LogP contribution is 2.28. The molecule has 0 N–H and O–H groups in total. The van der Waals surface area contributed by atoms with Gasteiger partial charge in [0.25, 0.3) is 0 Å². The molecule has 2 heterocycles. The molecule has 1 aliphatic rings. The zero-order valence-corrected chi connectivity index (χ0v) is 13.2. The first-order chi connectivity index (χ1) is 10.8. The Morgan fingerprint density at radius 1 is 1.45 bits per heavy atom. The van der Waals surface area contributed by atoms with Gasteiger partial charge in [-0.25, -0.2) is 0 Å². The monoisotopic (exact) mass is 339 g/mol. The van der Waals surface area contributed by atoms with Gasteiger partial charge >= 0.3 is 0 Å². The van der Waals surface area contributed by atoms with Gasteiger partial charge in [-0.15, -0.1) is 11.8 Å². The van der Waals surface area contributed by atoms with Crippen molar-refractivity contribution in [1.29, 1.82) is 0 Å². The first-order valence-electron chi connectivity index (χ1n) is 6.76. The van der Waals surface area contributed by atoms with Crippen LogP contribution in [-0.2, 0) is 9.53 Å². The summed E-state index contributed by atoms with van der Waals surface area (Å²) in [6.45, 7) is 1.40. The number of amides is 1. The molecule has 0 radical (unpaired) electrons. The molecule has 0 unspecified atom stereocenters. The fraction of sp³-hybridized carbons (Fsp3) is 0.357. The number of morpholine rings is 1. The standard InChI is InChI=1S/C14H14ClN3O3S/c15-10-3-1-2-4-12(10)22-8-13(19)18-5-6-20-7-11(18)14-16-9-21-17-14/h1-4,9,11H,5-8H2/t11-/m1/s1. The first-order valence-corrected chi connectivity index (χ1v) is 8.13. The third-order valence-electron chi connectivity index (χ3n) is 3.31. The third kappa shape index (κ3) is 3.43. The van der Waals surface area contributed by atoms with Crippen LogP contribution in [0.3, 0.4) is 0 Å². The van der Waals surface area contributed by atoms with Crippen molar-refractivity contribution in [1.82, 2.24) is 15.0 Å². The molecule has 0 aliphatic carbocycles. The van der Waals surface area contributed by atoms with Gasteiger partial charge in [0.05, 0.1) is 24.0 Å². The Hall–Kier alpha value is -1.57. The van der Waals surface area contributed by atoms with Gasteiger partial charge < -0.3 is 14.2 Å². The molecule has 1 aromatic carbocycles. The van der Waals surface area contributed by atoms with Crippen LogP contribution < -0.4 is 0 Å². The summed E-state index contributed by atoms with van der Waals surface area (Å²) in [5, 5.41) is 4.47. The van der Waals surface area contributed by atoms with Gasteiger partial charge in [-0.3, -0.25) is 4.79 Å². The predicted octanol–water partition coefficient (Wildman–Crippen LogP) is 2.42. The van der Waals surface area contributed by atoms with Gasteiger partial charge in [0.2, 0.25) is 12.3 Å². The Morgan fingerprint density at radius 2 is 2.32 bits per heavy atom. The van der Waals surface area contributed by atoms with E-state index in [0.717, 1.165) is 4.90 Å². The number of aromatic nitrogens is 2. The molecule has 2 aromatic rings. The van der Waals surface area contributed by atoms with Crippen LogP contribution in [0.1, 0.15) is 11.9 Å². The maximum Gasteiger partial charge on any atom is 0.233 e. The lowest BCUT2D eigenvalue weighted by molar-refractivity contribution is -0.137. The van der Waals surface area contributed by atoms with Crippen LogP contribution in [0.25, 0.3) is 0 Å². The lowest BCUT2D eigenvalue weighted by Gasteiger charge is -2.33. The van der Waals surface area contributed by atoms with Crippen LogP contribution in [-0.4, -0.2) is 46.5 Å². The largest absolute Gasteiger partial charge is 0.377 e. The van der Waals surface area contributed by atoms with Crippen molar-refractivity contribution in [2.75, 3.05) is 25.5 Å². The summed E-state index contributed by atoms with van der Waals surface area (Å²) in [5.41, 5.74) is 0. The molecule has 3 rings (SSSR count). The Labute approximate surface area is 136 Å². The SMILES string of the molecule is O=C(CSc1ccccc1Cl)N1CCOC[C@@H]1c1ncon1. The second kappa shape index (κ2) is 7.13. The van der Waals surface area contributed by atoms with E-state index in [0.29, 0.717) is 36.4 Å². The quantitative estimate of drug-likeness (QED) is 0.797. The maximum absolute atomic E-state index is 12.5. The highest BCUT2D eigenvalue weighted by Gasteiger charge is 2.31. The van der Waals surface area contributed by atoms with E-state index in [-0.39, 0.29) is 11.9 Å². The Balaban J connectivity index is 1.66. The molecule has 0 bridgehead atoms. The normalized spacial score (nSPS) is 18.4. The van der Waals surface area contributed by atoms with Gasteiger partial charge in [0, 0.05) is 11.4 Å². The van der Waals surface area contributed by atoms with E-state index in [1.54, 1.807) is 4.90 Å². The van der Waals surface area contributed by atoms with Gasteiger partial charge in [-0.2, -0.15) is 4.98 Å². The Bertz CT molecular complexity index is 638. The average molecular weight is 340 g/mol. The fourth-order valence-corrected chi connectivity index (χ4v) is 3.35. The van der Waals surface area contributed by atoms with E-state index in [4.69, 9.17) is 20.9 Å². The summed E-state index contributed by atoms with van der Waals surface area (Å²) in [4.78, 5) is 19.2. The highest BCUT2D eigenvalue weighted by molar-refractivity contribution is 8.00. The molecular weight excluding hydrogens is 326 g/mol. The van der Waals surface area contributed by atoms with Crippen molar-refractivity contribution in [3.05, 3.63) is 41.5 Å². The van der Waals surface area contributed by atoms with Crippen molar-refractivity contribution in [2.45, 2.75) is 10.9 Å². The van der Waals surface area contributed by atoms with Crippen molar-refractivity contribution in [3.63, 3.8) is 0 Å². The van der Waals surface area contributed by atoms with Crippen LogP contribution in [0, 0.1) is 0 Å². The minimum absolute atomic E-state index is 0.00280. The summed E-state index contributed by atoms with van der Waals surface area (Å²) >= 11 is 7.53. The summed E-state index contributed by atoms with van der Waals surface area (Å²) in [7, 11) is 0. The van der Waals surface area contributed by atoms with Gasteiger partial charge in [0.15, 0.2) is 5.82 Å². The molecule has 1 aromatic heterocycles. The average Bonchev–Trinajstić information content (AvgIpc) is 3.08. The number of hydrogen-bond donors (Lipinski definition) is 0. The van der Waals surface area contributed by atoms with E-state index < -0.39 is 0 Å². The molecule has 8 heteroatoms. The van der Waals surface area contributed by atoms with Crippen molar-refractivity contribution < 1.29 is 14.1 Å². The molecule has 1 saturated heterocycles. The number of benzene rings is 1. The van der Waals surface area contributed by atoms with Crippen molar-refractivity contribution >= 4 is 29.3 Å². The highest BCUT2D eigenvalue weighted by atomic mass is 35.5. The van der Waals surface area contributed by atoms with Crippen LogP contribution in [0.15, 0.2) is 40.1 Å². The predicted molar refractivity (Wildman–Crippen MR) is 81.7 cm³/mol. The lowest BCUT2D eigenvalue weighted by Crippen LogP contribution is -2.44. The number of halogens is 1. The first kappa shape index (κ1) is 15.3. The summed E-state index contributed by atoms with van der Waals surface area (Å²) < 4.78 is 10.2. The summed E-state index contributed by atoms with van der Waals surface area (Å²) in [6, 6.07) is 7.17. The number of rotatable bonds is 4. The zero-order chi connectivity index (χ0) is 15.4. The second-order valence-electron chi connectivity index (χ2n) is 4.69. The molecular formula is C14H14ClN3O3S. The number of carbonyl (C=O) groups is 1. The second-order valence-corrected chi connectivity index (χ2v) is 6.11. The van der Waals surface area contributed by atoms with Crippen molar-refractivity contribution in [2.24, 2.45) is 0 Å². The van der Waals surface area contributed by atoms with Gasteiger partial charge in [0.1, 0.15) is 6.04 Å². The van der Waals surface area contributed by atoms with Crippen molar-refractivity contribution in [3.8, 4) is 0 Å². The van der Waals surface area contributed by atoms with Gasteiger partial charge in [-0.1, -0.05) is 28.9 Å². The van der Waals surface area contributed by atoms with Crippen LogP contribution in [0.5, 0.6) is 0 Å². The summed E-state index contributed by atoms with van der Waals surface area (Å²) in [5.74, 6) is 0.775. The molecule has 1 atom stereocenters. The smallest absolute Gasteiger partial charge is 0.233 e. The minimum Gasteiger partial charge on any atom is -0.377 e. The topological polar surface area (TPSA) is 68.5 Å². The molecule has 1 amide bonds.